The Labute approximate surface area is 85.6 Å². The molecule has 0 aromatic heterocycles. The Bertz CT molecular complexity index is 139. The van der Waals surface area contributed by atoms with Crippen LogP contribution in [0.5, 0.6) is 0 Å². The molecule has 0 aromatic carbocycles. The Morgan fingerprint density at radius 1 is 1.36 bits per heavy atom. The minimum atomic E-state index is -0.121. The summed E-state index contributed by atoms with van der Waals surface area (Å²) in [5.41, 5.74) is 0. The summed E-state index contributed by atoms with van der Waals surface area (Å²) in [4.78, 5) is 11.1. The van der Waals surface area contributed by atoms with E-state index in [1.54, 1.807) is 0 Å². The zero-order valence-corrected chi connectivity index (χ0v) is 8.92. The summed E-state index contributed by atoms with van der Waals surface area (Å²) >= 11 is 0. The third kappa shape index (κ3) is 9.48. The Morgan fingerprint density at radius 3 is 2.79 bits per heavy atom. The smallest absolute Gasteiger partial charge is 0.305 e. The molecule has 0 heterocycles. The second-order valence-electron chi connectivity index (χ2n) is 3.15. The lowest BCUT2D eigenvalue weighted by molar-refractivity contribution is -0.143. The first kappa shape index (κ1) is 13.4. The van der Waals surface area contributed by atoms with Crippen molar-refractivity contribution in [2.75, 3.05) is 26.3 Å². The Hall–Kier alpha value is -0.610. The molecular formula is C10H21NO3. The van der Waals surface area contributed by atoms with E-state index in [9.17, 15) is 4.79 Å². The van der Waals surface area contributed by atoms with Crippen molar-refractivity contribution in [3.05, 3.63) is 0 Å². The van der Waals surface area contributed by atoms with E-state index in [2.05, 4.69) is 12.2 Å². The third-order valence-electron chi connectivity index (χ3n) is 1.81. The van der Waals surface area contributed by atoms with Crippen LogP contribution in [0.1, 0.15) is 32.6 Å². The molecule has 0 amide bonds. The van der Waals surface area contributed by atoms with Crippen LogP contribution < -0.4 is 5.32 Å². The van der Waals surface area contributed by atoms with Gasteiger partial charge in [-0.1, -0.05) is 19.8 Å². The molecule has 0 aliphatic heterocycles. The number of hydrogen-bond acceptors (Lipinski definition) is 4. The fraction of sp³-hybridized carbons (Fsp3) is 0.900. The number of nitrogens with one attached hydrogen (secondary N) is 1. The summed E-state index contributed by atoms with van der Waals surface area (Å²) in [6.45, 7) is 3.77. The first-order chi connectivity index (χ1) is 6.81. The van der Waals surface area contributed by atoms with Crippen molar-refractivity contribution in [3.63, 3.8) is 0 Å². The molecular weight excluding hydrogens is 182 g/mol. The highest BCUT2D eigenvalue weighted by Crippen LogP contribution is 1.99. The largest absolute Gasteiger partial charge is 0.464 e. The highest BCUT2D eigenvalue weighted by Gasteiger charge is 2.00. The number of carbonyl (C=O) groups excluding carboxylic acids is 1. The quantitative estimate of drug-likeness (QED) is 0.427. The Balaban J connectivity index is 3.10. The Kier molecular flexibility index (Phi) is 10.0. The van der Waals surface area contributed by atoms with Crippen molar-refractivity contribution in [3.8, 4) is 0 Å². The second kappa shape index (κ2) is 10.5. The normalized spacial score (nSPS) is 10.1. The zero-order chi connectivity index (χ0) is 10.6. The number of esters is 1. The van der Waals surface area contributed by atoms with E-state index in [1.807, 2.05) is 0 Å². The standard InChI is InChI=1S/C10H21NO3/c1-2-3-4-5-10(13)14-9-7-11-6-8-12/h11-12H,2-9H2,1H3. The van der Waals surface area contributed by atoms with Crippen molar-refractivity contribution in [2.45, 2.75) is 32.6 Å². The van der Waals surface area contributed by atoms with E-state index in [0.717, 1.165) is 19.3 Å². The lowest BCUT2D eigenvalue weighted by Crippen LogP contribution is -2.24. The van der Waals surface area contributed by atoms with Crippen LogP contribution in [0, 0.1) is 0 Å². The third-order valence-corrected chi connectivity index (χ3v) is 1.81. The molecule has 0 spiro atoms. The molecule has 0 aliphatic rings. The predicted octanol–water partition coefficient (Wildman–Crippen LogP) is 0.692. The van der Waals surface area contributed by atoms with Gasteiger partial charge in [-0.05, 0) is 6.42 Å². The van der Waals surface area contributed by atoms with Crippen LogP contribution in [-0.4, -0.2) is 37.4 Å². The fourth-order valence-corrected chi connectivity index (χ4v) is 1.03. The summed E-state index contributed by atoms with van der Waals surface area (Å²) < 4.78 is 4.95. The average molecular weight is 203 g/mol. The van der Waals surface area contributed by atoms with E-state index < -0.39 is 0 Å². The molecule has 0 bridgehead atoms. The van der Waals surface area contributed by atoms with Gasteiger partial charge in [-0.15, -0.1) is 0 Å². The van der Waals surface area contributed by atoms with Gasteiger partial charge in [0.25, 0.3) is 0 Å². The summed E-state index contributed by atoms with van der Waals surface area (Å²) in [6, 6.07) is 0. The Morgan fingerprint density at radius 2 is 2.14 bits per heavy atom. The molecule has 0 saturated carbocycles. The van der Waals surface area contributed by atoms with Crippen molar-refractivity contribution in [1.29, 1.82) is 0 Å². The van der Waals surface area contributed by atoms with Gasteiger partial charge >= 0.3 is 5.97 Å². The molecule has 4 heteroatoms. The average Bonchev–Trinajstić information content (AvgIpc) is 2.18. The van der Waals surface area contributed by atoms with Gasteiger partial charge in [-0.3, -0.25) is 4.79 Å². The molecule has 0 rings (SSSR count). The molecule has 4 nitrogen and oxygen atoms in total. The van der Waals surface area contributed by atoms with Crippen molar-refractivity contribution in [1.82, 2.24) is 5.32 Å². The molecule has 0 unspecified atom stereocenters. The SMILES string of the molecule is CCCCCC(=O)OCCNCCO. The lowest BCUT2D eigenvalue weighted by Gasteiger charge is -2.04. The topological polar surface area (TPSA) is 58.6 Å². The van der Waals surface area contributed by atoms with Gasteiger partial charge in [0.05, 0.1) is 6.61 Å². The summed E-state index contributed by atoms with van der Waals surface area (Å²) in [5.74, 6) is -0.121. The molecule has 14 heavy (non-hydrogen) atoms. The maximum absolute atomic E-state index is 11.1. The van der Waals surface area contributed by atoms with Crippen molar-refractivity contribution < 1.29 is 14.6 Å². The van der Waals surface area contributed by atoms with E-state index in [4.69, 9.17) is 9.84 Å². The lowest BCUT2D eigenvalue weighted by atomic mass is 10.2. The number of rotatable bonds is 9. The van der Waals surface area contributed by atoms with Gasteiger partial charge < -0.3 is 15.2 Å². The molecule has 0 aliphatic carbocycles. The number of ether oxygens (including phenoxy) is 1. The fourth-order valence-electron chi connectivity index (χ4n) is 1.03. The summed E-state index contributed by atoms with van der Waals surface area (Å²) in [5, 5.41) is 11.4. The van der Waals surface area contributed by atoms with Gasteiger partial charge in [-0.2, -0.15) is 0 Å². The molecule has 0 aromatic rings. The minimum absolute atomic E-state index is 0.116. The van der Waals surface area contributed by atoms with Crippen LogP contribution in [0.25, 0.3) is 0 Å². The molecule has 84 valence electrons. The molecule has 0 atom stereocenters. The number of unbranched alkanes of at least 4 members (excludes halogenated alkanes) is 2. The molecule has 2 N–H and O–H groups in total. The maximum atomic E-state index is 11.1. The highest BCUT2D eigenvalue weighted by molar-refractivity contribution is 5.69. The van der Waals surface area contributed by atoms with Crippen LogP contribution in [0.3, 0.4) is 0 Å². The number of aliphatic hydroxyl groups is 1. The first-order valence-electron chi connectivity index (χ1n) is 5.28. The summed E-state index contributed by atoms with van der Waals surface area (Å²) in [7, 11) is 0. The van der Waals surface area contributed by atoms with Gasteiger partial charge in [0.2, 0.25) is 0 Å². The number of hydrogen-bond donors (Lipinski definition) is 2. The maximum Gasteiger partial charge on any atom is 0.305 e. The zero-order valence-electron chi connectivity index (χ0n) is 8.92. The van der Waals surface area contributed by atoms with Crippen LogP contribution in [0.15, 0.2) is 0 Å². The van der Waals surface area contributed by atoms with Gasteiger partial charge in [-0.25, -0.2) is 0 Å². The van der Waals surface area contributed by atoms with E-state index in [0.29, 0.717) is 26.1 Å². The van der Waals surface area contributed by atoms with Crippen molar-refractivity contribution >= 4 is 5.97 Å². The molecule has 0 saturated heterocycles. The predicted molar refractivity (Wildman–Crippen MR) is 55.1 cm³/mol. The monoisotopic (exact) mass is 203 g/mol. The van der Waals surface area contributed by atoms with Gasteiger partial charge in [0, 0.05) is 19.5 Å². The number of aliphatic hydroxyl groups excluding tert-OH is 1. The van der Waals surface area contributed by atoms with Crippen molar-refractivity contribution in [2.24, 2.45) is 0 Å². The minimum Gasteiger partial charge on any atom is -0.464 e. The van der Waals surface area contributed by atoms with E-state index >= 15 is 0 Å². The van der Waals surface area contributed by atoms with E-state index in [1.165, 1.54) is 0 Å². The van der Waals surface area contributed by atoms with E-state index in [-0.39, 0.29) is 12.6 Å². The van der Waals surface area contributed by atoms with Crippen LogP contribution in [0.2, 0.25) is 0 Å². The van der Waals surface area contributed by atoms with Crippen LogP contribution >= 0.6 is 0 Å². The van der Waals surface area contributed by atoms with Gasteiger partial charge in [0.1, 0.15) is 6.61 Å². The molecule has 0 radical (unpaired) electrons. The van der Waals surface area contributed by atoms with Crippen LogP contribution in [-0.2, 0) is 9.53 Å². The first-order valence-corrected chi connectivity index (χ1v) is 5.28. The number of carbonyl (C=O) groups is 1. The van der Waals surface area contributed by atoms with Gasteiger partial charge in [0.15, 0.2) is 0 Å². The summed E-state index contributed by atoms with van der Waals surface area (Å²) in [6.07, 6.45) is 3.64. The second-order valence-corrected chi connectivity index (χ2v) is 3.15. The highest BCUT2D eigenvalue weighted by atomic mass is 16.5. The molecule has 0 fully saturated rings. The van der Waals surface area contributed by atoms with Crippen LogP contribution in [0.4, 0.5) is 0 Å².